The number of rotatable bonds is 4. The molecule has 18 heavy (non-hydrogen) atoms. The number of aryl methyl sites for hydroxylation is 1. The van der Waals surface area contributed by atoms with E-state index in [0.717, 1.165) is 21.6 Å². The molecule has 0 saturated carbocycles. The van der Waals surface area contributed by atoms with Crippen molar-refractivity contribution in [1.29, 1.82) is 0 Å². The second-order valence-electron chi connectivity index (χ2n) is 4.68. The zero-order chi connectivity index (χ0) is 13.2. The van der Waals surface area contributed by atoms with Crippen LogP contribution in [-0.4, -0.2) is 12.0 Å². The van der Waals surface area contributed by atoms with Gasteiger partial charge in [-0.2, -0.15) is 0 Å². The van der Waals surface area contributed by atoms with Crippen LogP contribution >= 0.6 is 27.3 Å². The van der Waals surface area contributed by atoms with Crippen LogP contribution in [0.5, 0.6) is 0 Å². The number of nitrogens with one attached hydrogen (secondary N) is 1. The summed E-state index contributed by atoms with van der Waals surface area (Å²) in [5.41, 5.74) is 2.29. The lowest BCUT2D eigenvalue weighted by atomic mass is 9.93. The molecular weight excluding hydrogens is 308 g/mol. The SMILES string of the molecule is CNC(C)(Cc1ccc(Br)cc1)c1nc(C)cs1. The summed E-state index contributed by atoms with van der Waals surface area (Å²) in [5, 5.41) is 6.65. The Morgan fingerprint density at radius 2 is 2.00 bits per heavy atom. The number of halogens is 1. The number of likely N-dealkylation sites (N-methyl/N-ethyl adjacent to an activating group) is 1. The largest absolute Gasteiger partial charge is 0.308 e. The highest BCUT2D eigenvalue weighted by molar-refractivity contribution is 9.10. The average Bonchev–Trinajstić information content (AvgIpc) is 2.79. The van der Waals surface area contributed by atoms with Crippen LogP contribution in [0.3, 0.4) is 0 Å². The van der Waals surface area contributed by atoms with E-state index in [1.165, 1.54) is 5.56 Å². The molecule has 0 bridgehead atoms. The van der Waals surface area contributed by atoms with Gasteiger partial charge in [-0.05, 0) is 45.0 Å². The Hall–Kier alpha value is -0.710. The monoisotopic (exact) mass is 324 g/mol. The van der Waals surface area contributed by atoms with E-state index in [1.807, 2.05) is 14.0 Å². The fraction of sp³-hybridized carbons (Fsp3) is 0.357. The van der Waals surface area contributed by atoms with Crippen LogP contribution in [0.25, 0.3) is 0 Å². The molecule has 1 atom stereocenters. The van der Waals surface area contributed by atoms with Crippen molar-refractivity contribution >= 4 is 27.3 Å². The van der Waals surface area contributed by atoms with Crippen LogP contribution in [0.1, 0.15) is 23.2 Å². The lowest BCUT2D eigenvalue weighted by Gasteiger charge is -2.27. The van der Waals surface area contributed by atoms with Crippen LogP contribution in [-0.2, 0) is 12.0 Å². The number of thiazole rings is 1. The lowest BCUT2D eigenvalue weighted by molar-refractivity contribution is 0.395. The smallest absolute Gasteiger partial charge is 0.113 e. The maximum Gasteiger partial charge on any atom is 0.113 e. The summed E-state index contributed by atoms with van der Waals surface area (Å²) in [6.45, 7) is 4.24. The summed E-state index contributed by atoms with van der Waals surface area (Å²) >= 11 is 5.19. The van der Waals surface area contributed by atoms with Gasteiger partial charge in [-0.1, -0.05) is 28.1 Å². The van der Waals surface area contributed by atoms with Gasteiger partial charge in [0.05, 0.1) is 5.54 Å². The molecule has 0 radical (unpaired) electrons. The van der Waals surface area contributed by atoms with E-state index in [2.05, 4.69) is 62.8 Å². The summed E-state index contributed by atoms with van der Waals surface area (Å²) in [5.74, 6) is 0. The molecule has 2 nitrogen and oxygen atoms in total. The molecule has 1 N–H and O–H groups in total. The number of hydrogen-bond acceptors (Lipinski definition) is 3. The van der Waals surface area contributed by atoms with E-state index in [-0.39, 0.29) is 5.54 Å². The van der Waals surface area contributed by atoms with Crippen LogP contribution in [0.4, 0.5) is 0 Å². The van der Waals surface area contributed by atoms with Gasteiger partial charge in [-0.3, -0.25) is 0 Å². The summed E-state index contributed by atoms with van der Waals surface area (Å²) in [6, 6.07) is 8.47. The summed E-state index contributed by atoms with van der Waals surface area (Å²) < 4.78 is 1.11. The molecule has 2 rings (SSSR count). The zero-order valence-corrected chi connectivity index (χ0v) is 13.2. The Morgan fingerprint density at radius 1 is 1.33 bits per heavy atom. The van der Waals surface area contributed by atoms with Gasteiger partial charge in [0.15, 0.2) is 0 Å². The van der Waals surface area contributed by atoms with Crippen molar-refractivity contribution in [2.24, 2.45) is 0 Å². The molecule has 0 aliphatic heterocycles. The van der Waals surface area contributed by atoms with E-state index >= 15 is 0 Å². The Morgan fingerprint density at radius 3 is 2.50 bits per heavy atom. The van der Waals surface area contributed by atoms with Crippen LogP contribution < -0.4 is 5.32 Å². The van der Waals surface area contributed by atoms with Crippen molar-refractivity contribution in [2.75, 3.05) is 7.05 Å². The van der Waals surface area contributed by atoms with Gasteiger partial charge in [-0.15, -0.1) is 11.3 Å². The highest BCUT2D eigenvalue weighted by atomic mass is 79.9. The van der Waals surface area contributed by atoms with E-state index in [1.54, 1.807) is 11.3 Å². The highest BCUT2D eigenvalue weighted by Gasteiger charge is 2.28. The lowest BCUT2D eigenvalue weighted by Crippen LogP contribution is -2.38. The van der Waals surface area contributed by atoms with Gasteiger partial charge in [0, 0.05) is 15.5 Å². The molecule has 4 heteroatoms. The van der Waals surface area contributed by atoms with Crippen molar-refractivity contribution in [2.45, 2.75) is 25.8 Å². The molecule has 1 aromatic carbocycles. The third-order valence-corrected chi connectivity index (χ3v) is 4.87. The third kappa shape index (κ3) is 2.99. The third-order valence-electron chi connectivity index (χ3n) is 3.11. The molecule has 0 saturated heterocycles. The van der Waals surface area contributed by atoms with Gasteiger partial charge in [0.2, 0.25) is 0 Å². The molecule has 0 amide bonds. The first kappa shape index (κ1) is 13.7. The van der Waals surface area contributed by atoms with Crippen molar-refractivity contribution in [3.63, 3.8) is 0 Å². The number of hydrogen-bond donors (Lipinski definition) is 1. The zero-order valence-electron chi connectivity index (χ0n) is 10.8. The number of nitrogens with zero attached hydrogens (tertiary/aromatic N) is 1. The Balaban J connectivity index is 2.25. The molecule has 0 fully saturated rings. The first-order chi connectivity index (χ1) is 8.53. The molecular formula is C14H17BrN2S. The maximum atomic E-state index is 4.61. The van der Waals surface area contributed by atoms with Crippen LogP contribution in [0.2, 0.25) is 0 Å². The topological polar surface area (TPSA) is 24.9 Å². The predicted molar refractivity (Wildman–Crippen MR) is 81.1 cm³/mol. The maximum absolute atomic E-state index is 4.61. The summed E-state index contributed by atoms with van der Waals surface area (Å²) in [7, 11) is 2.00. The van der Waals surface area contributed by atoms with Crippen LogP contribution in [0, 0.1) is 6.92 Å². The quantitative estimate of drug-likeness (QED) is 0.922. The van der Waals surface area contributed by atoms with E-state index in [0.29, 0.717) is 0 Å². The van der Waals surface area contributed by atoms with Gasteiger partial charge in [-0.25, -0.2) is 4.98 Å². The van der Waals surface area contributed by atoms with Crippen LogP contribution in [0.15, 0.2) is 34.1 Å². The molecule has 0 spiro atoms. The number of aromatic nitrogens is 1. The van der Waals surface area contributed by atoms with E-state index in [4.69, 9.17) is 0 Å². The van der Waals surface area contributed by atoms with E-state index < -0.39 is 0 Å². The fourth-order valence-corrected chi connectivity index (χ4v) is 3.12. The fourth-order valence-electron chi connectivity index (χ4n) is 1.89. The number of benzene rings is 1. The standard InChI is InChI=1S/C14H17BrN2S/c1-10-9-18-13(17-10)14(2,16-3)8-11-4-6-12(15)7-5-11/h4-7,9,16H,8H2,1-3H3. The van der Waals surface area contributed by atoms with Crippen molar-refractivity contribution in [3.8, 4) is 0 Å². The Bertz CT molecular complexity index is 521. The Labute approximate surface area is 121 Å². The second-order valence-corrected chi connectivity index (χ2v) is 6.45. The van der Waals surface area contributed by atoms with Gasteiger partial charge >= 0.3 is 0 Å². The predicted octanol–water partition coefficient (Wildman–Crippen LogP) is 3.89. The first-order valence-electron chi connectivity index (χ1n) is 5.89. The molecule has 1 heterocycles. The molecule has 1 unspecified atom stereocenters. The molecule has 2 aromatic rings. The normalized spacial score (nSPS) is 14.4. The highest BCUT2D eigenvalue weighted by Crippen LogP contribution is 2.28. The van der Waals surface area contributed by atoms with Gasteiger partial charge in [0.25, 0.3) is 0 Å². The van der Waals surface area contributed by atoms with E-state index in [9.17, 15) is 0 Å². The molecule has 0 aliphatic carbocycles. The van der Waals surface area contributed by atoms with Crippen molar-refractivity contribution < 1.29 is 0 Å². The minimum atomic E-state index is -0.104. The van der Waals surface area contributed by atoms with Gasteiger partial charge in [0.1, 0.15) is 5.01 Å². The first-order valence-corrected chi connectivity index (χ1v) is 7.57. The summed E-state index contributed by atoms with van der Waals surface area (Å²) in [4.78, 5) is 4.61. The molecule has 96 valence electrons. The van der Waals surface area contributed by atoms with Crippen molar-refractivity contribution in [1.82, 2.24) is 10.3 Å². The average molecular weight is 325 g/mol. The molecule has 0 aliphatic rings. The summed E-state index contributed by atoms with van der Waals surface area (Å²) in [6.07, 6.45) is 0.934. The Kier molecular flexibility index (Phi) is 4.20. The minimum Gasteiger partial charge on any atom is -0.308 e. The minimum absolute atomic E-state index is 0.104. The van der Waals surface area contributed by atoms with Gasteiger partial charge < -0.3 is 5.32 Å². The van der Waals surface area contributed by atoms with Crippen molar-refractivity contribution in [3.05, 3.63) is 50.4 Å². The second kappa shape index (κ2) is 5.51. The molecule has 1 aromatic heterocycles.